The van der Waals surface area contributed by atoms with Crippen LogP contribution in [-0.2, 0) is 16.0 Å². The van der Waals surface area contributed by atoms with Gasteiger partial charge in [0, 0.05) is 17.9 Å². The Bertz CT molecular complexity index is 803. The molecule has 1 aromatic rings. The summed E-state index contributed by atoms with van der Waals surface area (Å²) in [6.07, 6.45) is 9.65. The number of unbranched alkanes of at least 4 members (excludes halogenated alkanes) is 2. The van der Waals surface area contributed by atoms with Crippen molar-refractivity contribution in [2.45, 2.75) is 84.2 Å². The molecule has 1 aromatic carbocycles. The molecule has 0 aromatic heterocycles. The molecule has 4 heteroatoms. The van der Waals surface area contributed by atoms with Crippen molar-refractivity contribution in [3.8, 4) is 11.5 Å². The number of esters is 1. The Balaban J connectivity index is 1.92. The standard InChI is InChI=1S/C26H36O4/c1-5-6-7-8-19-14-23(27)26(22-13-18(4)9-11-21(22)17(2)3)24(15-19)30-25(28)12-10-20-16-29-20/h13-15,20-22,27H,2,5-12,16H2,1,3-4H3/t20?,21?,22-/m1/s1. The largest absolute Gasteiger partial charge is 0.507 e. The zero-order valence-corrected chi connectivity index (χ0v) is 18.7. The van der Waals surface area contributed by atoms with E-state index in [1.807, 2.05) is 19.1 Å². The number of hydrogen-bond acceptors (Lipinski definition) is 4. The van der Waals surface area contributed by atoms with Crippen LogP contribution in [0.15, 0.2) is 35.9 Å². The number of allylic oxidation sites excluding steroid dienone is 3. The van der Waals surface area contributed by atoms with Gasteiger partial charge < -0.3 is 14.6 Å². The van der Waals surface area contributed by atoms with Gasteiger partial charge in [0.2, 0.25) is 0 Å². The van der Waals surface area contributed by atoms with Gasteiger partial charge in [-0.25, -0.2) is 0 Å². The lowest BCUT2D eigenvalue weighted by Gasteiger charge is -2.32. The molecule has 2 aliphatic rings. The molecule has 0 spiro atoms. The predicted octanol–water partition coefficient (Wildman–Crippen LogP) is 6.23. The maximum Gasteiger partial charge on any atom is 0.311 e. The van der Waals surface area contributed by atoms with Crippen molar-refractivity contribution in [1.82, 2.24) is 0 Å². The van der Waals surface area contributed by atoms with Crippen molar-refractivity contribution in [3.63, 3.8) is 0 Å². The van der Waals surface area contributed by atoms with Crippen molar-refractivity contribution in [1.29, 1.82) is 0 Å². The van der Waals surface area contributed by atoms with Gasteiger partial charge in [-0.15, -0.1) is 0 Å². The van der Waals surface area contributed by atoms with Gasteiger partial charge in [-0.2, -0.15) is 0 Å². The molecule has 1 aliphatic heterocycles. The maximum atomic E-state index is 12.6. The highest BCUT2D eigenvalue weighted by Gasteiger charge is 2.31. The third-order valence-corrected chi connectivity index (χ3v) is 6.26. The van der Waals surface area contributed by atoms with Crippen LogP contribution >= 0.6 is 0 Å². The summed E-state index contributed by atoms with van der Waals surface area (Å²) in [5, 5.41) is 11.0. The van der Waals surface area contributed by atoms with Crippen LogP contribution in [0.5, 0.6) is 11.5 Å². The Morgan fingerprint density at radius 3 is 2.77 bits per heavy atom. The topological polar surface area (TPSA) is 59.1 Å². The minimum atomic E-state index is -0.264. The number of aryl methyl sites for hydroxylation is 1. The number of benzene rings is 1. The van der Waals surface area contributed by atoms with Crippen LogP contribution in [0.1, 0.15) is 82.8 Å². The Hall–Kier alpha value is -2.07. The normalized spacial score (nSPS) is 23.0. The highest BCUT2D eigenvalue weighted by Crippen LogP contribution is 2.47. The molecule has 1 N–H and O–H groups in total. The molecular weight excluding hydrogens is 376 g/mol. The fourth-order valence-corrected chi connectivity index (χ4v) is 4.40. The molecule has 3 atom stereocenters. The number of phenols is 1. The summed E-state index contributed by atoms with van der Waals surface area (Å²) in [6.45, 7) is 11.3. The van der Waals surface area contributed by atoms with E-state index in [-0.39, 0.29) is 29.7 Å². The first kappa shape index (κ1) is 22.6. The van der Waals surface area contributed by atoms with Crippen LogP contribution in [0.2, 0.25) is 0 Å². The molecule has 1 fully saturated rings. The number of hydrogen-bond donors (Lipinski definition) is 1. The van der Waals surface area contributed by atoms with E-state index in [0.717, 1.165) is 61.8 Å². The van der Waals surface area contributed by atoms with Crippen LogP contribution in [-0.4, -0.2) is 23.8 Å². The molecule has 1 heterocycles. The van der Waals surface area contributed by atoms with Crippen molar-refractivity contribution in [2.24, 2.45) is 5.92 Å². The summed E-state index contributed by atoms with van der Waals surface area (Å²) in [7, 11) is 0. The van der Waals surface area contributed by atoms with E-state index in [1.165, 1.54) is 5.57 Å². The van der Waals surface area contributed by atoms with E-state index in [2.05, 4.69) is 26.5 Å². The van der Waals surface area contributed by atoms with Gasteiger partial charge in [0.05, 0.1) is 12.7 Å². The lowest BCUT2D eigenvalue weighted by Crippen LogP contribution is -2.19. The van der Waals surface area contributed by atoms with E-state index < -0.39 is 0 Å². The van der Waals surface area contributed by atoms with Crippen LogP contribution < -0.4 is 4.74 Å². The van der Waals surface area contributed by atoms with Crippen molar-refractivity contribution >= 4 is 5.97 Å². The molecule has 0 saturated carbocycles. The number of ether oxygens (including phenoxy) is 2. The zero-order valence-electron chi connectivity index (χ0n) is 18.7. The SMILES string of the molecule is C=C(C)C1CCC(C)=C[C@H]1c1c(O)cc(CCCCC)cc1OC(=O)CCC1CO1. The molecular formula is C26H36O4. The Labute approximate surface area is 181 Å². The Morgan fingerprint density at radius 1 is 1.33 bits per heavy atom. The minimum absolute atomic E-state index is 0.0319. The molecule has 30 heavy (non-hydrogen) atoms. The van der Waals surface area contributed by atoms with Gasteiger partial charge in [-0.1, -0.05) is 43.6 Å². The smallest absolute Gasteiger partial charge is 0.311 e. The molecule has 2 unspecified atom stereocenters. The van der Waals surface area contributed by atoms with Crippen LogP contribution in [0.3, 0.4) is 0 Å². The number of epoxide rings is 1. The second-order valence-electron chi connectivity index (χ2n) is 8.98. The summed E-state index contributed by atoms with van der Waals surface area (Å²) >= 11 is 0. The number of aromatic hydroxyl groups is 1. The Morgan fingerprint density at radius 2 is 2.10 bits per heavy atom. The fourth-order valence-electron chi connectivity index (χ4n) is 4.40. The van der Waals surface area contributed by atoms with Gasteiger partial charge in [-0.05, 0) is 69.6 Å². The van der Waals surface area contributed by atoms with Crippen LogP contribution in [0.25, 0.3) is 0 Å². The molecule has 4 nitrogen and oxygen atoms in total. The first-order valence-corrected chi connectivity index (χ1v) is 11.4. The van der Waals surface area contributed by atoms with Crippen molar-refractivity contribution in [3.05, 3.63) is 47.1 Å². The monoisotopic (exact) mass is 412 g/mol. The van der Waals surface area contributed by atoms with Gasteiger partial charge in [0.15, 0.2) is 0 Å². The summed E-state index contributed by atoms with van der Waals surface area (Å²) in [5.74, 6) is 0.656. The average molecular weight is 413 g/mol. The van der Waals surface area contributed by atoms with Gasteiger partial charge in [-0.3, -0.25) is 4.79 Å². The maximum absolute atomic E-state index is 12.6. The number of rotatable bonds is 10. The molecule has 164 valence electrons. The Kier molecular flexibility index (Phi) is 7.76. The quantitative estimate of drug-likeness (QED) is 0.163. The molecule has 3 rings (SSSR count). The molecule has 0 radical (unpaired) electrons. The summed E-state index contributed by atoms with van der Waals surface area (Å²) < 4.78 is 11.1. The highest BCUT2D eigenvalue weighted by molar-refractivity contribution is 5.73. The van der Waals surface area contributed by atoms with Gasteiger partial charge >= 0.3 is 5.97 Å². The van der Waals surface area contributed by atoms with Crippen molar-refractivity contribution < 1.29 is 19.4 Å². The zero-order chi connectivity index (χ0) is 21.7. The lowest BCUT2D eigenvalue weighted by molar-refractivity contribution is -0.134. The average Bonchev–Trinajstić information content (AvgIpc) is 3.50. The van der Waals surface area contributed by atoms with Gasteiger partial charge in [0.1, 0.15) is 11.5 Å². The van der Waals surface area contributed by atoms with Crippen LogP contribution in [0.4, 0.5) is 0 Å². The number of phenolic OH excluding ortho intramolecular Hbond substituents is 1. The molecule has 0 bridgehead atoms. The second-order valence-corrected chi connectivity index (χ2v) is 8.98. The second kappa shape index (κ2) is 10.3. The molecule has 1 aliphatic carbocycles. The van der Waals surface area contributed by atoms with Gasteiger partial charge in [0.25, 0.3) is 0 Å². The fraction of sp³-hybridized carbons (Fsp3) is 0.577. The number of carbonyl (C=O) groups excluding carboxylic acids is 1. The van der Waals surface area contributed by atoms with E-state index in [1.54, 1.807) is 0 Å². The summed E-state index contributed by atoms with van der Waals surface area (Å²) in [4.78, 5) is 12.6. The first-order valence-electron chi connectivity index (χ1n) is 11.4. The third kappa shape index (κ3) is 5.98. The third-order valence-electron chi connectivity index (χ3n) is 6.26. The predicted molar refractivity (Wildman–Crippen MR) is 120 cm³/mol. The lowest BCUT2D eigenvalue weighted by atomic mass is 9.73. The summed E-state index contributed by atoms with van der Waals surface area (Å²) in [6, 6.07) is 3.82. The van der Waals surface area contributed by atoms with Crippen molar-refractivity contribution in [2.75, 3.05) is 6.61 Å². The van der Waals surface area contributed by atoms with E-state index in [9.17, 15) is 9.90 Å². The van der Waals surface area contributed by atoms with E-state index >= 15 is 0 Å². The van der Waals surface area contributed by atoms with E-state index in [0.29, 0.717) is 18.6 Å². The van der Waals surface area contributed by atoms with E-state index in [4.69, 9.17) is 9.47 Å². The number of carbonyl (C=O) groups is 1. The summed E-state index contributed by atoms with van der Waals surface area (Å²) in [5.41, 5.74) is 4.13. The van der Waals surface area contributed by atoms with Crippen LogP contribution in [0, 0.1) is 5.92 Å². The minimum Gasteiger partial charge on any atom is -0.507 e. The molecule has 0 amide bonds. The highest BCUT2D eigenvalue weighted by atomic mass is 16.6. The molecule has 1 saturated heterocycles. The first-order chi connectivity index (χ1) is 14.4.